The zero-order valence-corrected chi connectivity index (χ0v) is 13.2. The van der Waals surface area contributed by atoms with Crippen LogP contribution in [0.25, 0.3) is 0 Å². The predicted molar refractivity (Wildman–Crippen MR) is 80.2 cm³/mol. The Labute approximate surface area is 120 Å². The molecule has 5 nitrogen and oxygen atoms in total. The lowest BCUT2D eigenvalue weighted by Gasteiger charge is -2.24. The second-order valence-corrected chi connectivity index (χ2v) is 7.49. The number of benzene rings is 1. The molecule has 0 saturated carbocycles. The van der Waals surface area contributed by atoms with Crippen LogP contribution in [-0.4, -0.2) is 25.6 Å². The Kier molecular flexibility index (Phi) is 4.81. The van der Waals surface area contributed by atoms with Crippen LogP contribution >= 0.6 is 0 Å². The second kappa shape index (κ2) is 5.83. The minimum Gasteiger partial charge on any atom is -0.397 e. The molecule has 1 aromatic carbocycles. The van der Waals surface area contributed by atoms with Crippen molar-refractivity contribution in [3.63, 3.8) is 0 Å². The Morgan fingerprint density at radius 3 is 2.50 bits per heavy atom. The van der Waals surface area contributed by atoms with E-state index in [1.54, 1.807) is 19.1 Å². The molecule has 0 aliphatic carbocycles. The first-order valence-electron chi connectivity index (χ1n) is 6.48. The van der Waals surface area contributed by atoms with Crippen LogP contribution in [0, 0.1) is 6.92 Å². The molecule has 1 amide bonds. The van der Waals surface area contributed by atoms with Crippen LogP contribution < -0.4 is 11.1 Å². The number of rotatable bonds is 5. The van der Waals surface area contributed by atoms with Crippen molar-refractivity contribution in [3.8, 4) is 0 Å². The first-order valence-corrected chi connectivity index (χ1v) is 8.13. The lowest BCUT2D eigenvalue weighted by atomic mass is 10.0. The fraction of sp³-hybridized carbons (Fsp3) is 0.500. The maximum Gasteiger partial charge on any atom is 0.235 e. The molecule has 0 aromatic heterocycles. The van der Waals surface area contributed by atoms with E-state index in [9.17, 15) is 13.2 Å². The quantitative estimate of drug-likeness (QED) is 0.809. The molecule has 0 saturated heterocycles. The summed E-state index contributed by atoms with van der Waals surface area (Å²) in [4.78, 5) is 11.9. The average molecular weight is 298 g/mol. The van der Waals surface area contributed by atoms with Gasteiger partial charge >= 0.3 is 0 Å². The summed E-state index contributed by atoms with van der Waals surface area (Å²) < 4.78 is 24.5. The SMILES string of the molecule is CCC(C)(C)NC(=O)CS(=O)(=O)c1cccc(C)c1N. The van der Waals surface area contributed by atoms with Gasteiger partial charge in [-0.1, -0.05) is 19.1 Å². The van der Waals surface area contributed by atoms with Crippen LogP contribution in [-0.2, 0) is 14.6 Å². The first-order chi connectivity index (χ1) is 9.09. The number of aryl methyl sites for hydroxylation is 1. The Hall–Kier alpha value is -1.56. The minimum absolute atomic E-state index is 0.0157. The van der Waals surface area contributed by atoms with Gasteiger partial charge in [-0.3, -0.25) is 4.79 Å². The molecule has 0 radical (unpaired) electrons. The average Bonchev–Trinajstić information content (AvgIpc) is 2.30. The number of nitrogen functional groups attached to an aromatic ring is 1. The lowest BCUT2D eigenvalue weighted by molar-refractivity contribution is -0.120. The molecule has 0 heterocycles. The van der Waals surface area contributed by atoms with E-state index in [2.05, 4.69) is 5.32 Å². The summed E-state index contributed by atoms with van der Waals surface area (Å²) >= 11 is 0. The van der Waals surface area contributed by atoms with Gasteiger partial charge < -0.3 is 11.1 Å². The molecule has 0 fully saturated rings. The number of nitrogens with two attached hydrogens (primary N) is 1. The third kappa shape index (κ3) is 3.96. The molecule has 0 bridgehead atoms. The number of hydrogen-bond acceptors (Lipinski definition) is 4. The summed E-state index contributed by atoms with van der Waals surface area (Å²) in [5.74, 6) is -1.11. The number of para-hydroxylation sites is 1. The lowest BCUT2D eigenvalue weighted by Crippen LogP contribution is -2.45. The molecule has 0 unspecified atom stereocenters. The third-order valence-electron chi connectivity index (χ3n) is 3.30. The van der Waals surface area contributed by atoms with Gasteiger partial charge in [0.05, 0.1) is 10.6 Å². The molecule has 1 rings (SSSR count). The highest BCUT2D eigenvalue weighted by atomic mass is 32.2. The van der Waals surface area contributed by atoms with Gasteiger partial charge in [0.1, 0.15) is 5.75 Å². The molecule has 0 aliphatic rings. The Balaban J connectivity index is 2.96. The predicted octanol–water partition coefficient (Wildman–Crippen LogP) is 1.66. The standard InChI is InChI=1S/C14H22N2O3S/c1-5-14(3,4)16-12(17)9-20(18,19)11-8-6-7-10(2)13(11)15/h6-8H,5,9,15H2,1-4H3,(H,16,17). The molecule has 112 valence electrons. The summed E-state index contributed by atoms with van der Waals surface area (Å²) in [5, 5.41) is 2.71. The molecular weight excluding hydrogens is 276 g/mol. The monoisotopic (exact) mass is 298 g/mol. The van der Waals surface area contributed by atoms with Crippen LogP contribution in [0.4, 0.5) is 5.69 Å². The van der Waals surface area contributed by atoms with Gasteiger partial charge in [-0.05, 0) is 38.8 Å². The first kappa shape index (κ1) is 16.5. The summed E-state index contributed by atoms with van der Waals surface area (Å²) in [6, 6.07) is 4.77. The van der Waals surface area contributed by atoms with E-state index in [-0.39, 0.29) is 10.6 Å². The summed E-state index contributed by atoms with van der Waals surface area (Å²) in [5.41, 5.74) is 6.25. The summed E-state index contributed by atoms with van der Waals surface area (Å²) in [6.07, 6.45) is 0.714. The van der Waals surface area contributed by atoms with Crippen LogP contribution in [0.2, 0.25) is 0 Å². The van der Waals surface area contributed by atoms with Crippen molar-refractivity contribution in [2.24, 2.45) is 0 Å². The minimum atomic E-state index is -3.73. The van der Waals surface area contributed by atoms with Gasteiger partial charge in [-0.25, -0.2) is 8.42 Å². The Morgan fingerprint density at radius 1 is 1.35 bits per heavy atom. The molecule has 3 N–H and O–H groups in total. The van der Waals surface area contributed by atoms with E-state index in [0.29, 0.717) is 12.0 Å². The number of hydrogen-bond donors (Lipinski definition) is 2. The topological polar surface area (TPSA) is 89.3 Å². The molecule has 1 aromatic rings. The Bertz CT molecular complexity index is 607. The van der Waals surface area contributed by atoms with Crippen molar-refractivity contribution >= 4 is 21.4 Å². The van der Waals surface area contributed by atoms with Gasteiger partial charge in [0.2, 0.25) is 5.91 Å². The van der Waals surface area contributed by atoms with E-state index in [1.165, 1.54) is 6.07 Å². The molecular formula is C14H22N2O3S. The van der Waals surface area contributed by atoms with E-state index in [1.807, 2.05) is 20.8 Å². The van der Waals surface area contributed by atoms with E-state index in [4.69, 9.17) is 5.73 Å². The maximum atomic E-state index is 12.2. The smallest absolute Gasteiger partial charge is 0.235 e. The van der Waals surface area contributed by atoms with Gasteiger partial charge in [0.25, 0.3) is 0 Å². The highest BCUT2D eigenvalue weighted by Gasteiger charge is 2.25. The highest BCUT2D eigenvalue weighted by molar-refractivity contribution is 7.92. The van der Waals surface area contributed by atoms with E-state index < -0.39 is 27.0 Å². The number of carbonyl (C=O) groups excluding carboxylic acids is 1. The zero-order valence-electron chi connectivity index (χ0n) is 12.4. The van der Waals surface area contributed by atoms with Crippen molar-refractivity contribution in [2.75, 3.05) is 11.5 Å². The van der Waals surface area contributed by atoms with Crippen LogP contribution in [0.1, 0.15) is 32.8 Å². The van der Waals surface area contributed by atoms with Crippen LogP contribution in [0.15, 0.2) is 23.1 Å². The fourth-order valence-corrected chi connectivity index (χ4v) is 3.03. The van der Waals surface area contributed by atoms with Crippen LogP contribution in [0.3, 0.4) is 0 Å². The van der Waals surface area contributed by atoms with Gasteiger partial charge in [-0.2, -0.15) is 0 Å². The van der Waals surface area contributed by atoms with Crippen molar-refractivity contribution in [3.05, 3.63) is 23.8 Å². The maximum absolute atomic E-state index is 12.2. The fourth-order valence-electron chi connectivity index (χ4n) is 1.68. The number of nitrogens with one attached hydrogen (secondary N) is 1. The number of sulfone groups is 1. The molecule has 6 heteroatoms. The van der Waals surface area contributed by atoms with Crippen molar-refractivity contribution < 1.29 is 13.2 Å². The van der Waals surface area contributed by atoms with Gasteiger partial charge in [0.15, 0.2) is 9.84 Å². The Morgan fingerprint density at radius 2 is 1.95 bits per heavy atom. The largest absolute Gasteiger partial charge is 0.397 e. The third-order valence-corrected chi connectivity index (χ3v) is 4.97. The summed E-state index contributed by atoms with van der Waals surface area (Å²) in [7, 11) is -3.73. The normalized spacial score (nSPS) is 12.2. The molecule has 0 spiro atoms. The van der Waals surface area contributed by atoms with E-state index in [0.717, 1.165) is 0 Å². The number of carbonyl (C=O) groups is 1. The number of anilines is 1. The van der Waals surface area contributed by atoms with Crippen LogP contribution in [0.5, 0.6) is 0 Å². The molecule has 0 aliphatic heterocycles. The van der Waals surface area contributed by atoms with Crippen molar-refractivity contribution in [1.29, 1.82) is 0 Å². The van der Waals surface area contributed by atoms with Gasteiger partial charge in [0, 0.05) is 5.54 Å². The molecule has 20 heavy (non-hydrogen) atoms. The number of amides is 1. The highest BCUT2D eigenvalue weighted by Crippen LogP contribution is 2.22. The van der Waals surface area contributed by atoms with Crippen molar-refractivity contribution in [1.82, 2.24) is 5.32 Å². The second-order valence-electron chi connectivity index (χ2n) is 5.53. The zero-order chi connectivity index (χ0) is 15.6. The van der Waals surface area contributed by atoms with Crippen molar-refractivity contribution in [2.45, 2.75) is 44.6 Å². The van der Waals surface area contributed by atoms with Gasteiger partial charge in [-0.15, -0.1) is 0 Å². The van der Waals surface area contributed by atoms with E-state index >= 15 is 0 Å². The summed E-state index contributed by atoms with van der Waals surface area (Å²) in [6.45, 7) is 7.35. The molecule has 0 atom stereocenters.